The number of aliphatic hydroxyl groups excluding tert-OH is 1. The number of nitrogens with zero attached hydrogens (tertiary/aromatic N) is 2. The van der Waals surface area contributed by atoms with E-state index in [2.05, 4.69) is 25.6 Å². The van der Waals surface area contributed by atoms with Crippen molar-refractivity contribution in [1.29, 1.82) is 0 Å². The largest absolute Gasteiger partial charge is 0.473 e. The fourth-order valence-corrected chi connectivity index (χ4v) is 2.34. The number of sulfonamides is 1. The molecule has 0 aliphatic carbocycles. The van der Waals surface area contributed by atoms with Gasteiger partial charge in [0.2, 0.25) is 15.9 Å². The molecule has 114 valence electrons. The normalized spacial score (nSPS) is 13.3. The predicted octanol–water partition coefficient (Wildman–Crippen LogP) is 0.517. The third-order valence-corrected chi connectivity index (χ3v) is 3.13. The molecule has 1 unspecified atom stereocenters. The molecule has 1 rings (SSSR count). The number of halogens is 1. The molecule has 1 heterocycles. The van der Waals surface area contributed by atoms with Crippen molar-refractivity contribution in [3.05, 3.63) is 16.7 Å². The molecule has 0 saturated carbocycles. The van der Waals surface area contributed by atoms with Crippen molar-refractivity contribution in [2.24, 2.45) is 0 Å². The molecule has 0 bridgehead atoms. The second kappa shape index (κ2) is 7.21. The van der Waals surface area contributed by atoms with Gasteiger partial charge in [0.25, 0.3) is 0 Å². The third kappa shape index (κ3) is 6.51. The fraction of sp³-hybridized carbons (Fsp3) is 0.545. The van der Waals surface area contributed by atoms with Crippen molar-refractivity contribution in [2.45, 2.75) is 6.10 Å². The molecule has 0 amide bonds. The summed E-state index contributed by atoms with van der Waals surface area (Å²) in [5.74, 6) is 0.122. The highest BCUT2D eigenvalue weighted by atomic mass is 79.9. The smallest absolute Gasteiger partial charge is 0.238 e. The van der Waals surface area contributed by atoms with E-state index < -0.39 is 16.1 Å². The number of aliphatic hydroxyl groups is 1. The Morgan fingerprint density at radius 2 is 2.20 bits per heavy atom. The minimum absolute atomic E-state index is 0.0191. The van der Waals surface area contributed by atoms with Crippen LogP contribution in [0.1, 0.15) is 0 Å². The van der Waals surface area contributed by atoms with Gasteiger partial charge in [0.15, 0.2) is 0 Å². The Kier molecular flexibility index (Phi) is 6.18. The van der Waals surface area contributed by atoms with Gasteiger partial charge in [0.1, 0.15) is 18.4 Å². The number of ether oxygens (including phenoxy) is 1. The minimum atomic E-state index is -3.44. The Morgan fingerprint density at radius 3 is 2.75 bits per heavy atom. The lowest BCUT2D eigenvalue weighted by Gasteiger charge is -2.17. The summed E-state index contributed by atoms with van der Waals surface area (Å²) in [6.45, 7) is 0.455. The molecule has 0 radical (unpaired) electrons. The molecular formula is C11H18BrN3O4S. The highest BCUT2D eigenvalue weighted by molar-refractivity contribution is 9.10. The molecule has 0 aliphatic heterocycles. The highest BCUT2D eigenvalue weighted by Crippen LogP contribution is 2.26. The topological polar surface area (TPSA) is 91.8 Å². The van der Waals surface area contributed by atoms with Crippen molar-refractivity contribution in [1.82, 2.24) is 9.88 Å². The maximum atomic E-state index is 11.3. The summed E-state index contributed by atoms with van der Waals surface area (Å²) in [6.07, 6.45) is 1.83. The molecule has 0 spiro atoms. The fourth-order valence-electron chi connectivity index (χ4n) is 1.46. The zero-order valence-corrected chi connectivity index (χ0v) is 13.9. The van der Waals surface area contributed by atoms with Gasteiger partial charge in [-0.2, -0.15) is 0 Å². The summed E-state index contributed by atoms with van der Waals surface area (Å²) in [4.78, 5) is 5.81. The van der Waals surface area contributed by atoms with Gasteiger partial charge in [-0.1, -0.05) is 0 Å². The van der Waals surface area contributed by atoms with Crippen LogP contribution in [0.25, 0.3) is 0 Å². The van der Waals surface area contributed by atoms with E-state index in [1.165, 1.54) is 6.20 Å². The number of anilines is 1. The SMILES string of the molecule is CN(C)CC(O)COc1ncc(Br)cc1NS(C)(=O)=O. The second-order valence-electron chi connectivity index (χ2n) is 4.61. The average Bonchev–Trinajstić information content (AvgIpc) is 2.24. The molecule has 0 fully saturated rings. The van der Waals surface area contributed by atoms with E-state index in [4.69, 9.17) is 4.74 Å². The van der Waals surface area contributed by atoms with Gasteiger partial charge in [0, 0.05) is 17.2 Å². The summed E-state index contributed by atoms with van der Waals surface area (Å²) in [7, 11) is 0.227. The van der Waals surface area contributed by atoms with Gasteiger partial charge in [0.05, 0.1) is 6.26 Å². The average molecular weight is 368 g/mol. The van der Waals surface area contributed by atoms with Crippen molar-refractivity contribution in [3.8, 4) is 5.88 Å². The van der Waals surface area contributed by atoms with Gasteiger partial charge in [-0.15, -0.1) is 0 Å². The Balaban J connectivity index is 2.79. The van der Waals surface area contributed by atoms with Crippen LogP contribution in [-0.2, 0) is 10.0 Å². The van der Waals surface area contributed by atoms with Crippen LogP contribution < -0.4 is 9.46 Å². The number of likely N-dealkylation sites (N-methyl/N-ethyl adjacent to an activating group) is 1. The Labute approximate surface area is 127 Å². The zero-order valence-electron chi connectivity index (χ0n) is 11.5. The second-order valence-corrected chi connectivity index (χ2v) is 7.27. The number of aromatic nitrogens is 1. The van der Waals surface area contributed by atoms with Gasteiger partial charge < -0.3 is 14.7 Å². The van der Waals surface area contributed by atoms with Gasteiger partial charge in [-0.05, 0) is 36.1 Å². The summed E-state index contributed by atoms with van der Waals surface area (Å²) in [5.41, 5.74) is 0.221. The van der Waals surface area contributed by atoms with Crippen LogP contribution in [-0.4, -0.2) is 63.0 Å². The molecule has 9 heteroatoms. The van der Waals surface area contributed by atoms with E-state index in [1.807, 2.05) is 19.0 Å². The van der Waals surface area contributed by atoms with E-state index in [-0.39, 0.29) is 18.2 Å². The first-order valence-electron chi connectivity index (χ1n) is 5.76. The number of pyridine rings is 1. The summed E-state index contributed by atoms with van der Waals surface area (Å²) < 4.78 is 30.9. The van der Waals surface area contributed by atoms with E-state index in [0.29, 0.717) is 11.0 Å². The van der Waals surface area contributed by atoms with Gasteiger partial charge in [-0.3, -0.25) is 4.72 Å². The molecule has 1 aromatic heterocycles. The van der Waals surface area contributed by atoms with Crippen LogP contribution in [0.4, 0.5) is 5.69 Å². The lowest BCUT2D eigenvalue weighted by atomic mass is 10.3. The zero-order chi connectivity index (χ0) is 15.3. The van der Waals surface area contributed by atoms with Crippen molar-refractivity contribution < 1.29 is 18.3 Å². The van der Waals surface area contributed by atoms with E-state index >= 15 is 0 Å². The van der Waals surface area contributed by atoms with Gasteiger partial charge >= 0.3 is 0 Å². The molecule has 1 aromatic rings. The number of hydrogen-bond donors (Lipinski definition) is 2. The molecule has 20 heavy (non-hydrogen) atoms. The molecule has 2 N–H and O–H groups in total. The number of nitrogens with one attached hydrogen (secondary N) is 1. The van der Waals surface area contributed by atoms with Crippen LogP contribution in [0.15, 0.2) is 16.7 Å². The van der Waals surface area contributed by atoms with Crippen molar-refractivity contribution in [2.75, 3.05) is 38.2 Å². The number of hydrogen-bond acceptors (Lipinski definition) is 6. The van der Waals surface area contributed by atoms with Gasteiger partial charge in [-0.25, -0.2) is 13.4 Å². The molecule has 0 saturated heterocycles. The van der Waals surface area contributed by atoms with Crippen LogP contribution in [0.2, 0.25) is 0 Å². The van der Waals surface area contributed by atoms with Crippen molar-refractivity contribution in [3.63, 3.8) is 0 Å². The molecule has 0 aliphatic rings. The first-order valence-corrected chi connectivity index (χ1v) is 8.45. The first-order chi connectivity index (χ1) is 9.17. The maximum Gasteiger partial charge on any atom is 0.238 e. The standard InChI is InChI=1S/C11H18BrN3O4S/c1-15(2)6-9(16)7-19-11-10(14-20(3,17)18)4-8(12)5-13-11/h4-5,9,14,16H,6-7H2,1-3H3. The monoisotopic (exact) mass is 367 g/mol. The van der Waals surface area contributed by atoms with Crippen LogP contribution in [0.3, 0.4) is 0 Å². The lowest BCUT2D eigenvalue weighted by molar-refractivity contribution is 0.0815. The summed E-state index contributed by atoms with van der Waals surface area (Å²) >= 11 is 3.21. The Morgan fingerprint density at radius 1 is 1.55 bits per heavy atom. The maximum absolute atomic E-state index is 11.3. The third-order valence-electron chi connectivity index (χ3n) is 2.10. The van der Waals surface area contributed by atoms with Crippen LogP contribution in [0, 0.1) is 0 Å². The highest BCUT2D eigenvalue weighted by Gasteiger charge is 2.13. The minimum Gasteiger partial charge on any atom is -0.473 e. The van der Waals surface area contributed by atoms with Crippen molar-refractivity contribution >= 4 is 31.6 Å². The summed E-state index contributed by atoms with van der Waals surface area (Å²) in [5, 5.41) is 9.72. The van der Waals surface area contributed by atoms with E-state index in [9.17, 15) is 13.5 Å². The lowest BCUT2D eigenvalue weighted by Crippen LogP contribution is -2.30. The quantitative estimate of drug-likeness (QED) is 0.729. The molecule has 0 aromatic carbocycles. The molecule has 1 atom stereocenters. The van der Waals surface area contributed by atoms with E-state index in [0.717, 1.165) is 6.26 Å². The molecule has 7 nitrogen and oxygen atoms in total. The first kappa shape index (κ1) is 17.2. The molecular weight excluding hydrogens is 350 g/mol. The van der Waals surface area contributed by atoms with Crippen LogP contribution >= 0.6 is 15.9 Å². The Hall–Kier alpha value is -0.900. The summed E-state index contributed by atoms with van der Waals surface area (Å²) in [6, 6.07) is 1.54. The van der Waals surface area contributed by atoms with Crippen LogP contribution in [0.5, 0.6) is 5.88 Å². The number of rotatable bonds is 7. The van der Waals surface area contributed by atoms with E-state index in [1.54, 1.807) is 6.07 Å². The Bertz CT molecular complexity index is 551. The predicted molar refractivity (Wildman–Crippen MR) is 80.5 cm³/mol.